The van der Waals surface area contributed by atoms with Crippen LogP contribution in [0.25, 0.3) is 0 Å². The van der Waals surface area contributed by atoms with Crippen LogP contribution < -0.4 is 15.8 Å². The standard InChI is InChI=1S/C14H21N3O2/c15-12-4-1-5-13(10-12)19-9-3-8-17-7-2-6-16-14(18)11-17/h1,4-5,10H,2-3,6-9,11,15H2,(H,16,18). The van der Waals surface area contributed by atoms with Crippen LogP contribution in [-0.4, -0.2) is 43.6 Å². The monoisotopic (exact) mass is 263 g/mol. The van der Waals surface area contributed by atoms with Crippen molar-refractivity contribution in [3.05, 3.63) is 24.3 Å². The number of nitrogens with two attached hydrogens (primary N) is 1. The molecule has 5 nitrogen and oxygen atoms in total. The van der Waals surface area contributed by atoms with Gasteiger partial charge >= 0.3 is 0 Å². The maximum Gasteiger partial charge on any atom is 0.234 e. The van der Waals surface area contributed by atoms with E-state index in [4.69, 9.17) is 10.5 Å². The molecule has 5 heteroatoms. The van der Waals surface area contributed by atoms with Gasteiger partial charge in [-0.1, -0.05) is 6.07 Å². The van der Waals surface area contributed by atoms with E-state index in [-0.39, 0.29) is 5.91 Å². The lowest BCUT2D eigenvalue weighted by molar-refractivity contribution is -0.121. The highest BCUT2D eigenvalue weighted by Crippen LogP contribution is 2.14. The Morgan fingerprint density at radius 2 is 2.32 bits per heavy atom. The van der Waals surface area contributed by atoms with Gasteiger partial charge in [0.2, 0.25) is 5.91 Å². The Morgan fingerprint density at radius 1 is 1.42 bits per heavy atom. The Labute approximate surface area is 113 Å². The number of nitrogen functional groups attached to an aromatic ring is 1. The van der Waals surface area contributed by atoms with Gasteiger partial charge in [0.05, 0.1) is 13.2 Å². The fourth-order valence-electron chi connectivity index (χ4n) is 2.14. The van der Waals surface area contributed by atoms with E-state index in [0.29, 0.717) is 18.8 Å². The first-order chi connectivity index (χ1) is 9.24. The van der Waals surface area contributed by atoms with E-state index in [2.05, 4.69) is 10.2 Å². The molecule has 2 rings (SSSR count). The molecule has 0 bridgehead atoms. The number of anilines is 1. The Kier molecular flexibility index (Phi) is 5.03. The molecule has 104 valence electrons. The van der Waals surface area contributed by atoms with Crippen LogP contribution in [0.4, 0.5) is 5.69 Å². The number of amides is 1. The normalized spacial score (nSPS) is 16.7. The van der Waals surface area contributed by atoms with Crippen LogP contribution in [0.3, 0.4) is 0 Å². The Bertz CT molecular complexity index is 423. The highest BCUT2D eigenvalue weighted by atomic mass is 16.5. The zero-order valence-electron chi connectivity index (χ0n) is 11.1. The van der Waals surface area contributed by atoms with Crippen molar-refractivity contribution in [1.29, 1.82) is 0 Å². The maximum absolute atomic E-state index is 11.4. The predicted molar refractivity (Wildman–Crippen MR) is 75.0 cm³/mol. The summed E-state index contributed by atoms with van der Waals surface area (Å²) in [6, 6.07) is 7.43. The molecule has 3 N–H and O–H groups in total. The minimum absolute atomic E-state index is 0.120. The number of hydrogen-bond acceptors (Lipinski definition) is 4. The second kappa shape index (κ2) is 6.99. The van der Waals surface area contributed by atoms with Gasteiger partial charge in [-0.05, 0) is 25.0 Å². The van der Waals surface area contributed by atoms with Crippen molar-refractivity contribution in [2.75, 3.05) is 38.5 Å². The summed E-state index contributed by atoms with van der Waals surface area (Å²) in [5.41, 5.74) is 6.39. The molecule has 1 aromatic carbocycles. The second-order valence-corrected chi connectivity index (χ2v) is 4.75. The third-order valence-electron chi connectivity index (χ3n) is 3.09. The Hall–Kier alpha value is -1.75. The number of carbonyl (C=O) groups is 1. The molecule has 0 unspecified atom stereocenters. The Morgan fingerprint density at radius 3 is 3.16 bits per heavy atom. The minimum atomic E-state index is 0.120. The number of hydrogen-bond donors (Lipinski definition) is 2. The summed E-state index contributed by atoms with van der Waals surface area (Å²) in [6.07, 6.45) is 1.92. The molecule has 0 aromatic heterocycles. The van der Waals surface area contributed by atoms with E-state index >= 15 is 0 Å². The van der Waals surface area contributed by atoms with Crippen molar-refractivity contribution >= 4 is 11.6 Å². The average Bonchev–Trinajstić information content (AvgIpc) is 2.59. The summed E-state index contributed by atoms with van der Waals surface area (Å²) >= 11 is 0. The lowest BCUT2D eigenvalue weighted by Gasteiger charge is -2.18. The number of nitrogens with zero attached hydrogens (tertiary/aromatic N) is 1. The first-order valence-corrected chi connectivity index (χ1v) is 6.71. The van der Waals surface area contributed by atoms with Crippen LogP contribution in [0.15, 0.2) is 24.3 Å². The molecule has 1 aliphatic rings. The van der Waals surface area contributed by atoms with Crippen LogP contribution in [0.2, 0.25) is 0 Å². The lowest BCUT2D eigenvalue weighted by atomic mass is 10.3. The van der Waals surface area contributed by atoms with Gasteiger partial charge in [-0.15, -0.1) is 0 Å². The van der Waals surface area contributed by atoms with Crippen molar-refractivity contribution in [1.82, 2.24) is 10.2 Å². The smallest absolute Gasteiger partial charge is 0.234 e. The van der Waals surface area contributed by atoms with Crippen molar-refractivity contribution < 1.29 is 9.53 Å². The maximum atomic E-state index is 11.4. The van der Waals surface area contributed by atoms with Crippen LogP contribution in [0, 0.1) is 0 Å². The molecule has 1 aliphatic heterocycles. The fourth-order valence-corrected chi connectivity index (χ4v) is 2.14. The molecule has 1 aromatic rings. The van der Waals surface area contributed by atoms with E-state index in [1.165, 1.54) is 0 Å². The van der Waals surface area contributed by atoms with Gasteiger partial charge in [0.25, 0.3) is 0 Å². The predicted octanol–water partition coefficient (Wildman–Crippen LogP) is 0.860. The quantitative estimate of drug-likeness (QED) is 0.611. The summed E-state index contributed by atoms with van der Waals surface area (Å²) in [6.45, 7) is 3.78. The second-order valence-electron chi connectivity index (χ2n) is 4.75. The highest BCUT2D eigenvalue weighted by molar-refractivity contribution is 5.78. The molecule has 1 fully saturated rings. The molecule has 1 amide bonds. The average molecular weight is 263 g/mol. The third kappa shape index (κ3) is 4.79. The van der Waals surface area contributed by atoms with E-state index in [9.17, 15) is 4.79 Å². The van der Waals surface area contributed by atoms with Gasteiger partial charge in [-0.25, -0.2) is 0 Å². The van der Waals surface area contributed by atoms with Gasteiger partial charge in [0, 0.05) is 31.4 Å². The van der Waals surface area contributed by atoms with E-state index in [0.717, 1.165) is 38.2 Å². The molecule has 0 aliphatic carbocycles. The lowest BCUT2D eigenvalue weighted by Crippen LogP contribution is -2.34. The van der Waals surface area contributed by atoms with Crippen LogP contribution in [0.1, 0.15) is 12.8 Å². The first-order valence-electron chi connectivity index (χ1n) is 6.71. The summed E-state index contributed by atoms with van der Waals surface area (Å²) in [5, 5.41) is 2.87. The molecule has 0 spiro atoms. The number of ether oxygens (including phenoxy) is 1. The van der Waals surface area contributed by atoms with Crippen molar-refractivity contribution in [3.8, 4) is 5.75 Å². The van der Waals surface area contributed by atoms with Gasteiger partial charge in [0.1, 0.15) is 5.75 Å². The molecule has 1 saturated heterocycles. The molecule has 1 heterocycles. The fraction of sp³-hybridized carbons (Fsp3) is 0.500. The van der Waals surface area contributed by atoms with E-state index in [1.807, 2.05) is 24.3 Å². The molecule has 0 saturated carbocycles. The van der Waals surface area contributed by atoms with Crippen LogP contribution in [0.5, 0.6) is 5.75 Å². The van der Waals surface area contributed by atoms with Gasteiger partial charge in [-0.3, -0.25) is 9.69 Å². The number of rotatable bonds is 5. The topological polar surface area (TPSA) is 67.6 Å². The van der Waals surface area contributed by atoms with Gasteiger partial charge in [-0.2, -0.15) is 0 Å². The highest BCUT2D eigenvalue weighted by Gasteiger charge is 2.13. The van der Waals surface area contributed by atoms with Crippen molar-refractivity contribution in [3.63, 3.8) is 0 Å². The number of benzene rings is 1. The van der Waals surface area contributed by atoms with Gasteiger partial charge < -0.3 is 15.8 Å². The van der Waals surface area contributed by atoms with Gasteiger partial charge in [0.15, 0.2) is 0 Å². The molecular weight excluding hydrogens is 242 g/mol. The third-order valence-corrected chi connectivity index (χ3v) is 3.09. The summed E-state index contributed by atoms with van der Waals surface area (Å²) in [4.78, 5) is 13.6. The Balaban J connectivity index is 1.67. The molecule has 0 atom stereocenters. The minimum Gasteiger partial charge on any atom is -0.493 e. The zero-order valence-corrected chi connectivity index (χ0v) is 11.1. The van der Waals surface area contributed by atoms with E-state index in [1.54, 1.807) is 0 Å². The first kappa shape index (κ1) is 13.7. The summed E-state index contributed by atoms with van der Waals surface area (Å²) in [7, 11) is 0. The van der Waals surface area contributed by atoms with Crippen LogP contribution >= 0.6 is 0 Å². The van der Waals surface area contributed by atoms with E-state index < -0.39 is 0 Å². The summed E-state index contributed by atoms with van der Waals surface area (Å²) < 4.78 is 5.63. The largest absolute Gasteiger partial charge is 0.493 e. The van der Waals surface area contributed by atoms with Crippen LogP contribution in [-0.2, 0) is 4.79 Å². The summed E-state index contributed by atoms with van der Waals surface area (Å²) in [5.74, 6) is 0.919. The number of nitrogens with one attached hydrogen (secondary N) is 1. The van der Waals surface area contributed by atoms with Crippen molar-refractivity contribution in [2.45, 2.75) is 12.8 Å². The SMILES string of the molecule is Nc1cccc(OCCCN2CCCNC(=O)C2)c1. The number of carbonyl (C=O) groups excluding carboxylic acids is 1. The zero-order chi connectivity index (χ0) is 13.5. The van der Waals surface area contributed by atoms with Crippen molar-refractivity contribution in [2.24, 2.45) is 0 Å². The molecular formula is C14H21N3O2. The molecule has 0 radical (unpaired) electrons. The molecule has 19 heavy (non-hydrogen) atoms.